The van der Waals surface area contributed by atoms with Crippen LogP contribution in [0.4, 0.5) is 10.1 Å². The van der Waals surface area contributed by atoms with Crippen LogP contribution in [0.15, 0.2) is 53.9 Å². The Bertz CT molecular complexity index is 972. The fourth-order valence-corrected chi connectivity index (χ4v) is 3.63. The SMILES string of the molecule is C#Cc1cccc(N(CC)C(=O)Cc2csc(Cc3ccc(F)cc3)n2)c1. The summed E-state index contributed by atoms with van der Waals surface area (Å²) in [5.74, 6) is 2.32. The van der Waals surface area contributed by atoms with Crippen molar-refractivity contribution in [3.8, 4) is 12.3 Å². The maximum absolute atomic E-state index is 13.0. The van der Waals surface area contributed by atoms with Gasteiger partial charge in [-0.15, -0.1) is 17.8 Å². The summed E-state index contributed by atoms with van der Waals surface area (Å²) in [6, 6.07) is 13.8. The second-order valence-corrected chi connectivity index (χ2v) is 6.99. The first-order chi connectivity index (χ1) is 13.1. The maximum Gasteiger partial charge on any atom is 0.233 e. The number of likely N-dealkylation sites (N-methyl/N-ethyl adjacent to an activating group) is 1. The Balaban J connectivity index is 1.69. The van der Waals surface area contributed by atoms with Gasteiger partial charge in [0.2, 0.25) is 5.91 Å². The number of terminal acetylenes is 1. The Labute approximate surface area is 162 Å². The molecule has 3 aromatic rings. The number of aromatic nitrogens is 1. The molecule has 5 heteroatoms. The monoisotopic (exact) mass is 378 g/mol. The van der Waals surface area contributed by atoms with Gasteiger partial charge in [0.05, 0.1) is 17.1 Å². The summed E-state index contributed by atoms with van der Waals surface area (Å²) in [7, 11) is 0. The molecular formula is C22H19FN2OS. The van der Waals surface area contributed by atoms with Crippen LogP contribution in [0, 0.1) is 18.2 Å². The summed E-state index contributed by atoms with van der Waals surface area (Å²) in [5.41, 5.74) is 3.27. The van der Waals surface area contributed by atoms with Gasteiger partial charge < -0.3 is 4.90 Å². The summed E-state index contributed by atoms with van der Waals surface area (Å²) < 4.78 is 13.0. The summed E-state index contributed by atoms with van der Waals surface area (Å²) in [4.78, 5) is 19.0. The molecule has 0 saturated heterocycles. The van der Waals surface area contributed by atoms with Gasteiger partial charge in [-0.25, -0.2) is 9.37 Å². The fourth-order valence-electron chi connectivity index (χ4n) is 2.81. The van der Waals surface area contributed by atoms with Gasteiger partial charge in [-0.1, -0.05) is 24.1 Å². The van der Waals surface area contributed by atoms with Gasteiger partial charge in [0.15, 0.2) is 0 Å². The van der Waals surface area contributed by atoms with Crippen LogP contribution in [0.25, 0.3) is 0 Å². The highest BCUT2D eigenvalue weighted by atomic mass is 32.1. The molecule has 1 amide bonds. The first-order valence-corrected chi connectivity index (χ1v) is 9.51. The Hall–Kier alpha value is -2.97. The lowest BCUT2D eigenvalue weighted by Gasteiger charge is -2.21. The van der Waals surface area contributed by atoms with Crippen molar-refractivity contribution in [2.75, 3.05) is 11.4 Å². The first kappa shape index (κ1) is 18.8. The van der Waals surface area contributed by atoms with Crippen molar-refractivity contribution in [3.63, 3.8) is 0 Å². The third-order valence-electron chi connectivity index (χ3n) is 4.14. The van der Waals surface area contributed by atoms with E-state index in [1.54, 1.807) is 17.0 Å². The Morgan fingerprint density at radius 1 is 1.26 bits per heavy atom. The number of halogens is 1. The fraction of sp³-hybridized carbons (Fsp3) is 0.182. The van der Waals surface area contributed by atoms with Gasteiger partial charge in [0.1, 0.15) is 5.82 Å². The molecule has 27 heavy (non-hydrogen) atoms. The summed E-state index contributed by atoms with van der Waals surface area (Å²) in [6.07, 6.45) is 6.31. The summed E-state index contributed by atoms with van der Waals surface area (Å²) in [5, 5.41) is 2.81. The van der Waals surface area contributed by atoms with E-state index in [2.05, 4.69) is 10.9 Å². The van der Waals surface area contributed by atoms with Crippen LogP contribution in [0.3, 0.4) is 0 Å². The van der Waals surface area contributed by atoms with Crippen molar-refractivity contribution in [1.29, 1.82) is 0 Å². The van der Waals surface area contributed by atoms with Gasteiger partial charge in [-0.3, -0.25) is 4.79 Å². The molecular weight excluding hydrogens is 359 g/mol. The molecule has 0 radical (unpaired) electrons. The molecule has 2 aromatic carbocycles. The minimum Gasteiger partial charge on any atom is -0.312 e. The number of thiazole rings is 1. The highest BCUT2D eigenvalue weighted by Crippen LogP contribution is 2.19. The normalized spacial score (nSPS) is 10.4. The molecule has 0 aliphatic carbocycles. The van der Waals surface area contributed by atoms with E-state index in [0.29, 0.717) is 13.0 Å². The Kier molecular flexibility index (Phi) is 6.00. The van der Waals surface area contributed by atoms with Crippen molar-refractivity contribution in [1.82, 2.24) is 4.98 Å². The zero-order chi connectivity index (χ0) is 19.2. The molecule has 1 heterocycles. The molecule has 0 spiro atoms. The minimum atomic E-state index is -0.252. The predicted octanol–water partition coefficient (Wildman–Crippen LogP) is 4.45. The lowest BCUT2D eigenvalue weighted by molar-refractivity contribution is -0.118. The predicted molar refractivity (Wildman–Crippen MR) is 107 cm³/mol. The van der Waals surface area contributed by atoms with Gasteiger partial charge >= 0.3 is 0 Å². The molecule has 0 unspecified atom stereocenters. The third kappa shape index (κ3) is 4.81. The standard InChI is InChI=1S/C22H19FN2OS/c1-3-16-6-5-7-20(12-16)25(4-2)22(26)14-19-15-27-21(24-19)13-17-8-10-18(23)11-9-17/h1,5-12,15H,4,13-14H2,2H3. The van der Waals surface area contributed by atoms with E-state index in [1.165, 1.54) is 23.5 Å². The topological polar surface area (TPSA) is 33.2 Å². The van der Waals surface area contributed by atoms with Crippen LogP contribution in [0.1, 0.15) is 28.8 Å². The number of carbonyl (C=O) groups excluding carboxylic acids is 1. The number of nitrogens with zero attached hydrogens (tertiary/aromatic N) is 2. The van der Waals surface area contributed by atoms with Gasteiger partial charge in [-0.05, 0) is 42.8 Å². The number of amides is 1. The van der Waals surface area contributed by atoms with E-state index in [9.17, 15) is 9.18 Å². The molecule has 0 bridgehead atoms. The van der Waals surface area contributed by atoms with Crippen molar-refractivity contribution in [2.24, 2.45) is 0 Å². The van der Waals surface area contributed by atoms with Gasteiger partial charge in [0.25, 0.3) is 0 Å². The molecule has 1 aromatic heterocycles. The zero-order valence-electron chi connectivity index (χ0n) is 15.0. The minimum absolute atomic E-state index is 0.0229. The Morgan fingerprint density at radius 3 is 2.74 bits per heavy atom. The second-order valence-electron chi connectivity index (χ2n) is 6.05. The average Bonchev–Trinajstić information content (AvgIpc) is 3.11. The van der Waals surface area contributed by atoms with Crippen molar-refractivity contribution in [3.05, 3.63) is 81.6 Å². The van der Waals surface area contributed by atoms with Crippen molar-refractivity contribution < 1.29 is 9.18 Å². The quantitative estimate of drug-likeness (QED) is 0.594. The van der Waals surface area contributed by atoms with Gasteiger partial charge in [0, 0.05) is 29.6 Å². The van der Waals surface area contributed by atoms with Crippen molar-refractivity contribution >= 4 is 22.9 Å². The molecule has 0 aliphatic heterocycles. The molecule has 136 valence electrons. The van der Waals surface area contributed by atoms with E-state index in [0.717, 1.165) is 27.5 Å². The third-order valence-corrected chi connectivity index (χ3v) is 5.04. The van der Waals surface area contributed by atoms with Gasteiger partial charge in [-0.2, -0.15) is 0 Å². The largest absolute Gasteiger partial charge is 0.312 e. The number of anilines is 1. The van der Waals surface area contributed by atoms with Crippen LogP contribution in [-0.4, -0.2) is 17.4 Å². The smallest absolute Gasteiger partial charge is 0.233 e. The van der Waals surface area contributed by atoms with E-state index in [-0.39, 0.29) is 18.1 Å². The lowest BCUT2D eigenvalue weighted by Crippen LogP contribution is -2.32. The van der Waals surface area contributed by atoms with Crippen molar-refractivity contribution in [2.45, 2.75) is 19.8 Å². The van der Waals surface area contributed by atoms with E-state index in [1.807, 2.05) is 36.6 Å². The summed E-state index contributed by atoms with van der Waals surface area (Å²) in [6.45, 7) is 2.49. The molecule has 0 N–H and O–H groups in total. The highest BCUT2D eigenvalue weighted by Gasteiger charge is 2.16. The molecule has 3 nitrogen and oxygen atoms in total. The highest BCUT2D eigenvalue weighted by molar-refractivity contribution is 7.09. The number of rotatable bonds is 6. The average molecular weight is 378 g/mol. The first-order valence-electron chi connectivity index (χ1n) is 8.63. The van der Waals surface area contributed by atoms with Crippen LogP contribution >= 0.6 is 11.3 Å². The van der Waals surface area contributed by atoms with Crippen LogP contribution in [0.2, 0.25) is 0 Å². The molecule has 0 saturated carbocycles. The summed E-state index contributed by atoms with van der Waals surface area (Å²) >= 11 is 1.51. The molecule has 3 rings (SSSR count). The molecule has 0 fully saturated rings. The Morgan fingerprint density at radius 2 is 2.04 bits per heavy atom. The number of carbonyl (C=O) groups is 1. The molecule has 0 aliphatic rings. The maximum atomic E-state index is 13.0. The van der Waals surface area contributed by atoms with E-state index in [4.69, 9.17) is 6.42 Å². The van der Waals surface area contributed by atoms with Crippen LogP contribution < -0.4 is 4.90 Å². The van der Waals surface area contributed by atoms with E-state index >= 15 is 0 Å². The lowest BCUT2D eigenvalue weighted by atomic mass is 10.1. The zero-order valence-corrected chi connectivity index (χ0v) is 15.8. The number of hydrogen-bond acceptors (Lipinski definition) is 3. The van der Waals surface area contributed by atoms with Crippen LogP contribution in [-0.2, 0) is 17.6 Å². The number of benzene rings is 2. The molecule has 0 atom stereocenters. The van der Waals surface area contributed by atoms with E-state index < -0.39 is 0 Å². The van der Waals surface area contributed by atoms with Crippen LogP contribution in [0.5, 0.6) is 0 Å². The second kappa shape index (κ2) is 8.61. The number of hydrogen-bond donors (Lipinski definition) is 0.